The zero-order valence-electron chi connectivity index (χ0n) is 12.1. The summed E-state index contributed by atoms with van der Waals surface area (Å²) in [5, 5.41) is 0. The van der Waals surface area contributed by atoms with E-state index < -0.39 is 15.0 Å². The number of esters is 1. The molecular weight excluding hydrogens is 312 g/mol. The maximum atomic E-state index is 12.3. The lowest BCUT2D eigenvalue weighted by Gasteiger charge is -2.26. The van der Waals surface area contributed by atoms with Gasteiger partial charge in [-0.15, -0.1) is 0 Å². The van der Waals surface area contributed by atoms with E-state index in [4.69, 9.17) is 15.4 Å². The van der Waals surface area contributed by atoms with Crippen molar-refractivity contribution in [3.63, 3.8) is 0 Å². The van der Waals surface area contributed by atoms with Gasteiger partial charge in [-0.2, -0.15) is 0 Å². The molecule has 1 saturated carbocycles. The van der Waals surface area contributed by atoms with Crippen LogP contribution in [0.5, 0.6) is 0 Å². The minimum absolute atomic E-state index is 0.0845. The van der Waals surface area contributed by atoms with Gasteiger partial charge in [0.2, 0.25) is 0 Å². The van der Waals surface area contributed by atoms with Crippen LogP contribution in [0.3, 0.4) is 0 Å². The van der Waals surface area contributed by atoms with E-state index in [-0.39, 0.29) is 16.6 Å². The van der Waals surface area contributed by atoms with Gasteiger partial charge in [-0.25, -0.2) is 13.2 Å². The SMILES string of the molecule is Cc1ccc(S(=O)(=O)Cl)cc1C(=O)OC1CCCC(C)C1. The molecule has 1 aliphatic carbocycles. The smallest absolute Gasteiger partial charge is 0.338 e. The number of benzene rings is 1. The van der Waals surface area contributed by atoms with Crippen molar-refractivity contribution in [2.24, 2.45) is 5.92 Å². The number of halogens is 1. The van der Waals surface area contributed by atoms with E-state index in [0.29, 0.717) is 11.5 Å². The Balaban J connectivity index is 2.18. The first-order valence-corrected chi connectivity index (χ1v) is 9.34. The van der Waals surface area contributed by atoms with Gasteiger partial charge in [0, 0.05) is 10.7 Å². The molecule has 0 aromatic heterocycles. The first kappa shape index (κ1) is 16.3. The minimum atomic E-state index is -3.85. The number of aryl methyl sites for hydroxylation is 1. The Bertz CT molecular complexity index is 639. The molecule has 0 amide bonds. The Morgan fingerprint density at radius 2 is 2.05 bits per heavy atom. The van der Waals surface area contributed by atoms with Crippen LogP contribution in [0, 0.1) is 12.8 Å². The van der Waals surface area contributed by atoms with E-state index in [1.54, 1.807) is 13.0 Å². The summed E-state index contributed by atoms with van der Waals surface area (Å²) in [5.41, 5.74) is 0.933. The lowest BCUT2D eigenvalue weighted by molar-refractivity contribution is 0.0154. The average molecular weight is 331 g/mol. The van der Waals surface area contributed by atoms with Gasteiger partial charge < -0.3 is 4.74 Å². The van der Waals surface area contributed by atoms with Crippen LogP contribution in [0.25, 0.3) is 0 Å². The number of carbonyl (C=O) groups is 1. The van der Waals surface area contributed by atoms with Gasteiger partial charge in [-0.1, -0.05) is 19.4 Å². The molecule has 0 spiro atoms. The van der Waals surface area contributed by atoms with Crippen LogP contribution in [0.2, 0.25) is 0 Å². The third-order valence-electron chi connectivity index (χ3n) is 3.87. The molecule has 1 aromatic rings. The summed E-state index contributed by atoms with van der Waals surface area (Å²) in [6, 6.07) is 4.23. The molecule has 0 aliphatic heterocycles. The Labute approximate surface area is 129 Å². The lowest BCUT2D eigenvalue weighted by Crippen LogP contribution is -2.25. The summed E-state index contributed by atoms with van der Waals surface area (Å²) in [5.74, 6) is 0.0703. The van der Waals surface area contributed by atoms with Crippen LogP contribution in [-0.4, -0.2) is 20.5 Å². The molecule has 0 bridgehead atoms. The fourth-order valence-corrected chi connectivity index (χ4v) is 3.45. The molecule has 1 aromatic carbocycles. The van der Waals surface area contributed by atoms with Crippen molar-refractivity contribution < 1.29 is 17.9 Å². The Kier molecular flexibility index (Phi) is 4.94. The molecule has 6 heteroatoms. The van der Waals surface area contributed by atoms with Crippen LogP contribution in [0.4, 0.5) is 0 Å². The monoisotopic (exact) mass is 330 g/mol. The van der Waals surface area contributed by atoms with E-state index in [0.717, 1.165) is 25.7 Å². The van der Waals surface area contributed by atoms with Gasteiger partial charge >= 0.3 is 5.97 Å². The largest absolute Gasteiger partial charge is 0.459 e. The molecular formula is C15H19ClO4S. The summed E-state index contributed by atoms with van der Waals surface area (Å²) < 4.78 is 28.3. The van der Waals surface area contributed by atoms with Gasteiger partial charge in [-0.3, -0.25) is 0 Å². The predicted molar refractivity (Wildman–Crippen MR) is 81.1 cm³/mol. The Hall–Kier alpha value is -1.07. The highest BCUT2D eigenvalue weighted by molar-refractivity contribution is 8.13. The molecule has 0 N–H and O–H groups in total. The van der Waals surface area contributed by atoms with Crippen molar-refractivity contribution in [3.05, 3.63) is 29.3 Å². The normalized spacial score (nSPS) is 22.8. The van der Waals surface area contributed by atoms with Crippen LogP contribution >= 0.6 is 10.7 Å². The van der Waals surface area contributed by atoms with E-state index in [1.807, 2.05) is 0 Å². The van der Waals surface area contributed by atoms with E-state index in [2.05, 4.69) is 6.92 Å². The zero-order chi connectivity index (χ0) is 15.6. The van der Waals surface area contributed by atoms with Crippen molar-refractivity contribution in [1.29, 1.82) is 0 Å². The minimum Gasteiger partial charge on any atom is -0.459 e. The predicted octanol–water partition coefficient (Wildman–Crippen LogP) is 3.66. The van der Waals surface area contributed by atoms with Gasteiger partial charge in [-0.05, 0) is 49.8 Å². The molecule has 2 atom stereocenters. The Morgan fingerprint density at radius 3 is 2.67 bits per heavy atom. The molecule has 0 heterocycles. The van der Waals surface area contributed by atoms with Crippen LogP contribution < -0.4 is 0 Å². The molecule has 1 aliphatic rings. The fourth-order valence-electron chi connectivity index (χ4n) is 2.67. The first-order valence-electron chi connectivity index (χ1n) is 7.03. The maximum Gasteiger partial charge on any atom is 0.338 e. The van der Waals surface area contributed by atoms with Gasteiger partial charge in [0.05, 0.1) is 10.5 Å². The number of hydrogen-bond donors (Lipinski definition) is 0. The highest BCUT2D eigenvalue weighted by atomic mass is 35.7. The molecule has 0 radical (unpaired) electrons. The van der Waals surface area contributed by atoms with Crippen molar-refractivity contribution in [2.75, 3.05) is 0 Å². The van der Waals surface area contributed by atoms with E-state index in [9.17, 15) is 13.2 Å². The second kappa shape index (κ2) is 6.36. The summed E-state index contributed by atoms with van der Waals surface area (Å²) >= 11 is 0. The van der Waals surface area contributed by atoms with Crippen molar-refractivity contribution in [2.45, 2.75) is 50.5 Å². The molecule has 2 rings (SSSR count). The quantitative estimate of drug-likeness (QED) is 0.627. The van der Waals surface area contributed by atoms with Gasteiger partial charge in [0.1, 0.15) is 6.10 Å². The highest BCUT2D eigenvalue weighted by Gasteiger charge is 2.24. The molecule has 1 fully saturated rings. The van der Waals surface area contributed by atoms with Crippen molar-refractivity contribution in [3.8, 4) is 0 Å². The third-order valence-corrected chi connectivity index (χ3v) is 5.22. The second-order valence-electron chi connectivity index (χ2n) is 5.71. The van der Waals surface area contributed by atoms with Crippen LogP contribution in [-0.2, 0) is 13.8 Å². The number of carbonyl (C=O) groups excluding carboxylic acids is 1. The summed E-state index contributed by atoms with van der Waals surface area (Å²) in [6.07, 6.45) is 3.85. The fraction of sp³-hybridized carbons (Fsp3) is 0.533. The zero-order valence-corrected chi connectivity index (χ0v) is 13.7. The molecule has 21 heavy (non-hydrogen) atoms. The van der Waals surface area contributed by atoms with Crippen molar-refractivity contribution >= 4 is 25.7 Å². The van der Waals surface area contributed by atoms with Gasteiger partial charge in [0.25, 0.3) is 9.05 Å². The summed E-state index contributed by atoms with van der Waals surface area (Å²) in [7, 11) is 1.47. The van der Waals surface area contributed by atoms with Crippen LogP contribution in [0.15, 0.2) is 23.1 Å². The standard InChI is InChI=1S/C15H19ClO4S/c1-10-4-3-5-12(8-10)20-15(17)14-9-13(21(16,18)19)7-6-11(14)2/h6-7,9-10,12H,3-5,8H2,1-2H3. The van der Waals surface area contributed by atoms with Crippen molar-refractivity contribution in [1.82, 2.24) is 0 Å². The summed E-state index contributed by atoms with van der Waals surface area (Å²) in [6.45, 7) is 3.89. The average Bonchev–Trinajstić information content (AvgIpc) is 2.37. The van der Waals surface area contributed by atoms with Crippen LogP contribution in [0.1, 0.15) is 48.5 Å². The number of hydrogen-bond acceptors (Lipinski definition) is 4. The number of ether oxygens (including phenoxy) is 1. The highest BCUT2D eigenvalue weighted by Crippen LogP contribution is 2.27. The molecule has 2 unspecified atom stereocenters. The maximum absolute atomic E-state index is 12.3. The second-order valence-corrected chi connectivity index (χ2v) is 8.28. The molecule has 0 saturated heterocycles. The topological polar surface area (TPSA) is 60.4 Å². The molecule has 4 nitrogen and oxygen atoms in total. The lowest BCUT2D eigenvalue weighted by atomic mass is 9.88. The molecule has 116 valence electrons. The van der Waals surface area contributed by atoms with E-state index >= 15 is 0 Å². The first-order chi connectivity index (χ1) is 9.77. The summed E-state index contributed by atoms with van der Waals surface area (Å²) in [4.78, 5) is 12.2. The van der Waals surface area contributed by atoms with Gasteiger partial charge in [0.15, 0.2) is 0 Å². The van der Waals surface area contributed by atoms with E-state index in [1.165, 1.54) is 12.1 Å². The third kappa shape index (κ3) is 4.20. The Morgan fingerprint density at radius 1 is 1.33 bits per heavy atom. The number of rotatable bonds is 3.